The van der Waals surface area contributed by atoms with Crippen LogP contribution in [0.15, 0.2) is 23.4 Å². The molecule has 0 bridgehead atoms. The van der Waals surface area contributed by atoms with Crippen molar-refractivity contribution >= 4 is 29.3 Å². The molecule has 2 aromatic rings. The Kier molecular flexibility index (Phi) is 6.84. The summed E-state index contributed by atoms with van der Waals surface area (Å²) in [4.78, 5) is 23.0. The number of rotatable bonds is 9. The maximum atomic E-state index is 12.2. The van der Waals surface area contributed by atoms with Crippen LogP contribution in [0.3, 0.4) is 0 Å². The van der Waals surface area contributed by atoms with Gasteiger partial charge in [-0.15, -0.1) is 10.2 Å². The highest BCUT2D eigenvalue weighted by Gasteiger charge is 2.13. The summed E-state index contributed by atoms with van der Waals surface area (Å²) in [6.07, 6.45) is 0.619. The highest BCUT2D eigenvalue weighted by atomic mass is 32.2. The molecule has 0 atom stereocenters. The number of ether oxygens (including phenoxy) is 2. The van der Waals surface area contributed by atoms with Gasteiger partial charge in [0.25, 0.3) is 0 Å². The summed E-state index contributed by atoms with van der Waals surface area (Å²) in [5.41, 5.74) is 5.74. The first kappa shape index (κ1) is 19.6. The maximum absolute atomic E-state index is 12.2. The topological polar surface area (TPSA) is 121 Å². The Balaban J connectivity index is 1.92. The summed E-state index contributed by atoms with van der Waals surface area (Å²) in [5, 5.41) is 11.4. The lowest BCUT2D eigenvalue weighted by molar-refractivity contribution is -0.118. The van der Waals surface area contributed by atoms with E-state index in [-0.39, 0.29) is 18.1 Å². The molecule has 9 nitrogen and oxygen atoms in total. The molecular formula is C16H21N5O4S. The normalized spacial score (nSPS) is 10.4. The number of carbonyl (C=O) groups is 2. The van der Waals surface area contributed by atoms with Crippen LogP contribution in [0.5, 0.6) is 11.5 Å². The van der Waals surface area contributed by atoms with Crippen LogP contribution < -0.4 is 20.5 Å². The number of nitrogens with two attached hydrogens (primary N) is 1. The van der Waals surface area contributed by atoms with Gasteiger partial charge in [0.15, 0.2) is 16.7 Å². The number of amides is 2. The minimum atomic E-state index is -0.392. The van der Waals surface area contributed by atoms with Crippen LogP contribution in [-0.2, 0) is 23.1 Å². The highest BCUT2D eigenvalue weighted by Crippen LogP contribution is 2.29. The van der Waals surface area contributed by atoms with E-state index < -0.39 is 5.91 Å². The Labute approximate surface area is 155 Å². The van der Waals surface area contributed by atoms with Gasteiger partial charge in [-0.1, -0.05) is 11.8 Å². The van der Waals surface area contributed by atoms with Gasteiger partial charge in [0, 0.05) is 31.6 Å². The molecule has 10 heteroatoms. The molecule has 0 aliphatic heterocycles. The van der Waals surface area contributed by atoms with Gasteiger partial charge in [-0.3, -0.25) is 9.59 Å². The Morgan fingerprint density at radius 1 is 1.23 bits per heavy atom. The number of aryl methyl sites for hydroxylation is 1. The molecule has 3 N–H and O–H groups in total. The minimum Gasteiger partial charge on any atom is -0.493 e. The van der Waals surface area contributed by atoms with Gasteiger partial charge in [0.05, 0.1) is 20.0 Å². The van der Waals surface area contributed by atoms with Gasteiger partial charge in [-0.05, 0) is 12.1 Å². The second-order valence-corrected chi connectivity index (χ2v) is 6.27. The van der Waals surface area contributed by atoms with Gasteiger partial charge >= 0.3 is 0 Å². The molecule has 26 heavy (non-hydrogen) atoms. The molecule has 0 aliphatic rings. The number of hydrogen-bond acceptors (Lipinski definition) is 7. The average molecular weight is 379 g/mol. The van der Waals surface area contributed by atoms with Gasteiger partial charge in [-0.2, -0.15) is 0 Å². The first-order valence-electron chi connectivity index (χ1n) is 7.75. The third-order valence-electron chi connectivity index (χ3n) is 3.52. The molecule has 0 fully saturated rings. The van der Waals surface area contributed by atoms with Crippen molar-refractivity contribution in [2.24, 2.45) is 12.8 Å². The fraction of sp³-hybridized carbons (Fsp3) is 0.375. The molecule has 0 saturated carbocycles. The van der Waals surface area contributed by atoms with Crippen LogP contribution in [0.1, 0.15) is 12.2 Å². The lowest BCUT2D eigenvalue weighted by Gasteiger charge is -2.10. The van der Waals surface area contributed by atoms with Crippen LogP contribution in [0.2, 0.25) is 0 Å². The zero-order chi connectivity index (χ0) is 19.1. The van der Waals surface area contributed by atoms with Crippen molar-refractivity contribution < 1.29 is 19.1 Å². The number of primary amides is 1. The number of carbonyl (C=O) groups excluding carboxylic acids is 2. The molecule has 1 heterocycles. The predicted molar refractivity (Wildman–Crippen MR) is 97.4 cm³/mol. The SMILES string of the molecule is COc1ccc(NC(=O)CSc2nnc(CCC(N)=O)n2C)cc1OC. The van der Waals surface area contributed by atoms with Crippen molar-refractivity contribution in [3.05, 3.63) is 24.0 Å². The third-order valence-corrected chi connectivity index (χ3v) is 4.54. The van der Waals surface area contributed by atoms with Crippen molar-refractivity contribution in [1.29, 1.82) is 0 Å². The monoisotopic (exact) mass is 379 g/mol. The molecule has 1 aromatic heterocycles. The summed E-state index contributed by atoms with van der Waals surface area (Å²) in [7, 11) is 4.86. The van der Waals surface area contributed by atoms with Gasteiger partial charge < -0.3 is 25.1 Å². The number of methoxy groups -OCH3 is 2. The lowest BCUT2D eigenvalue weighted by atomic mass is 10.2. The van der Waals surface area contributed by atoms with E-state index in [1.165, 1.54) is 18.9 Å². The first-order chi connectivity index (χ1) is 12.4. The average Bonchev–Trinajstić information content (AvgIpc) is 2.97. The molecular weight excluding hydrogens is 358 g/mol. The molecule has 0 radical (unpaired) electrons. The fourth-order valence-corrected chi connectivity index (χ4v) is 2.89. The van der Waals surface area contributed by atoms with E-state index in [0.29, 0.717) is 34.6 Å². The van der Waals surface area contributed by atoms with E-state index in [1.54, 1.807) is 36.9 Å². The first-order valence-corrected chi connectivity index (χ1v) is 8.74. The smallest absolute Gasteiger partial charge is 0.234 e. The second-order valence-electron chi connectivity index (χ2n) is 5.33. The van der Waals surface area contributed by atoms with Gasteiger partial charge in [0.2, 0.25) is 11.8 Å². The summed E-state index contributed by atoms with van der Waals surface area (Å²) in [6.45, 7) is 0. The number of aromatic nitrogens is 3. The van der Waals surface area contributed by atoms with E-state index in [0.717, 1.165) is 0 Å². The zero-order valence-electron chi connectivity index (χ0n) is 14.8. The number of nitrogens with zero attached hydrogens (tertiary/aromatic N) is 3. The van der Waals surface area contributed by atoms with Gasteiger partial charge in [0.1, 0.15) is 5.82 Å². The molecule has 140 valence electrons. The van der Waals surface area contributed by atoms with E-state index in [4.69, 9.17) is 15.2 Å². The van der Waals surface area contributed by atoms with Crippen LogP contribution >= 0.6 is 11.8 Å². The van der Waals surface area contributed by atoms with E-state index in [9.17, 15) is 9.59 Å². The van der Waals surface area contributed by atoms with E-state index in [2.05, 4.69) is 15.5 Å². The summed E-state index contributed by atoms with van der Waals surface area (Å²) in [5.74, 6) is 1.34. The molecule has 1 aromatic carbocycles. The zero-order valence-corrected chi connectivity index (χ0v) is 15.6. The summed E-state index contributed by atoms with van der Waals surface area (Å²) in [6, 6.07) is 5.13. The Morgan fingerprint density at radius 3 is 2.62 bits per heavy atom. The molecule has 2 amide bonds. The Morgan fingerprint density at radius 2 is 1.96 bits per heavy atom. The number of benzene rings is 1. The molecule has 0 aliphatic carbocycles. The Hall–Kier alpha value is -2.75. The summed E-state index contributed by atoms with van der Waals surface area (Å²) >= 11 is 1.25. The quantitative estimate of drug-likeness (QED) is 0.623. The van der Waals surface area contributed by atoms with Crippen LogP contribution in [-0.4, -0.2) is 46.6 Å². The van der Waals surface area contributed by atoms with Gasteiger partial charge in [-0.25, -0.2) is 0 Å². The lowest BCUT2D eigenvalue weighted by Crippen LogP contribution is -2.15. The second kappa shape index (κ2) is 9.09. The van der Waals surface area contributed by atoms with Crippen molar-refractivity contribution in [1.82, 2.24) is 14.8 Å². The van der Waals surface area contributed by atoms with E-state index in [1.807, 2.05) is 0 Å². The van der Waals surface area contributed by atoms with E-state index >= 15 is 0 Å². The van der Waals surface area contributed by atoms with Crippen molar-refractivity contribution in [2.75, 3.05) is 25.3 Å². The Bertz CT molecular complexity index is 793. The largest absolute Gasteiger partial charge is 0.493 e. The van der Waals surface area contributed by atoms with Crippen LogP contribution in [0.25, 0.3) is 0 Å². The third kappa shape index (κ3) is 5.12. The maximum Gasteiger partial charge on any atom is 0.234 e. The minimum absolute atomic E-state index is 0.163. The fourth-order valence-electron chi connectivity index (χ4n) is 2.16. The highest BCUT2D eigenvalue weighted by molar-refractivity contribution is 7.99. The number of anilines is 1. The number of hydrogen-bond donors (Lipinski definition) is 2. The predicted octanol–water partition coefficient (Wildman–Crippen LogP) is 0.981. The summed E-state index contributed by atoms with van der Waals surface area (Å²) < 4.78 is 12.1. The molecule has 0 spiro atoms. The van der Waals surface area contributed by atoms with Crippen LogP contribution in [0, 0.1) is 0 Å². The molecule has 2 rings (SSSR count). The number of nitrogens with one attached hydrogen (secondary N) is 1. The standard InChI is InChI=1S/C16H21N5O4S/c1-21-14(7-6-13(17)22)19-20-16(21)26-9-15(23)18-10-4-5-11(24-2)12(8-10)25-3/h4-5,8H,6-7,9H2,1-3H3,(H2,17,22)(H,18,23). The molecule has 0 unspecified atom stereocenters. The van der Waals surface area contributed by atoms with Crippen molar-refractivity contribution in [3.63, 3.8) is 0 Å². The molecule has 0 saturated heterocycles. The van der Waals surface area contributed by atoms with Crippen LogP contribution in [0.4, 0.5) is 5.69 Å². The van der Waals surface area contributed by atoms with Crippen molar-refractivity contribution in [2.45, 2.75) is 18.0 Å². The number of thioether (sulfide) groups is 1. The van der Waals surface area contributed by atoms with Crippen molar-refractivity contribution in [3.8, 4) is 11.5 Å².